The lowest BCUT2D eigenvalue weighted by molar-refractivity contribution is -0.384. The number of benzene rings is 1. The molecule has 1 aromatic rings. The highest BCUT2D eigenvalue weighted by Gasteiger charge is 2.29. The second-order valence-electron chi connectivity index (χ2n) is 4.98. The number of hydrogen-bond donors (Lipinski definition) is 1. The van der Waals surface area contributed by atoms with Gasteiger partial charge in [-0.1, -0.05) is 6.07 Å². The van der Waals surface area contributed by atoms with Crippen molar-refractivity contribution in [3.63, 3.8) is 0 Å². The van der Waals surface area contributed by atoms with E-state index in [9.17, 15) is 20.0 Å². The van der Waals surface area contributed by atoms with Gasteiger partial charge in [-0.2, -0.15) is 0 Å². The Hall–Kier alpha value is -1.95. The predicted molar refractivity (Wildman–Crippen MR) is 68.8 cm³/mol. The number of aliphatic hydroxyl groups is 1. The van der Waals surface area contributed by atoms with Crippen LogP contribution in [0.2, 0.25) is 0 Å². The Balaban J connectivity index is 2.02. The zero-order chi connectivity index (χ0) is 14.0. The molecule has 0 saturated heterocycles. The van der Waals surface area contributed by atoms with Gasteiger partial charge in [-0.3, -0.25) is 14.9 Å². The van der Waals surface area contributed by atoms with Crippen molar-refractivity contribution >= 4 is 11.6 Å². The second kappa shape index (κ2) is 5.36. The van der Waals surface area contributed by atoms with Crippen molar-refractivity contribution in [3.05, 3.63) is 39.9 Å². The summed E-state index contributed by atoms with van der Waals surface area (Å²) in [6.07, 6.45) is 1.19. The number of carbonyl (C=O) groups excluding carboxylic acids is 1. The maximum Gasteiger partial charge on any atom is 0.270 e. The Morgan fingerprint density at radius 1 is 1.53 bits per heavy atom. The Bertz CT molecular complexity index is 497. The van der Waals surface area contributed by atoms with E-state index < -0.39 is 4.92 Å². The smallest absolute Gasteiger partial charge is 0.270 e. The van der Waals surface area contributed by atoms with Crippen molar-refractivity contribution < 1.29 is 14.8 Å². The highest BCUT2D eigenvalue weighted by molar-refractivity contribution is 5.94. The molecule has 1 aromatic carbocycles. The zero-order valence-corrected chi connectivity index (χ0v) is 10.7. The van der Waals surface area contributed by atoms with Gasteiger partial charge in [-0.25, -0.2) is 0 Å². The van der Waals surface area contributed by atoms with E-state index in [-0.39, 0.29) is 17.7 Å². The molecule has 6 nitrogen and oxygen atoms in total. The molecule has 1 N–H and O–H groups in total. The van der Waals surface area contributed by atoms with E-state index in [1.54, 1.807) is 18.0 Å². The number of nitrogens with zero attached hydrogens (tertiary/aromatic N) is 2. The average Bonchev–Trinajstić information content (AvgIpc) is 2.36. The van der Waals surface area contributed by atoms with Crippen LogP contribution in [0, 0.1) is 16.0 Å². The van der Waals surface area contributed by atoms with Gasteiger partial charge < -0.3 is 10.0 Å². The molecule has 1 aliphatic rings. The first-order chi connectivity index (χ1) is 8.97. The van der Waals surface area contributed by atoms with Crippen molar-refractivity contribution in [2.75, 3.05) is 13.6 Å². The van der Waals surface area contributed by atoms with Crippen molar-refractivity contribution in [1.29, 1.82) is 0 Å². The van der Waals surface area contributed by atoms with Crippen molar-refractivity contribution in [2.45, 2.75) is 18.9 Å². The quantitative estimate of drug-likeness (QED) is 0.658. The lowest BCUT2D eigenvalue weighted by atomic mass is 9.82. The van der Waals surface area contributed by atoms with E-state index in [0.29, 0.717) is 30.9 Å². The SMILES string of the molecule is CN(CC1CC(O)C1)C(=O)c1cccc([N+](=O)[O-])c1. The van der Waals surface area contributed by atoms with Gasteiger partial charge in [0.2, 0.25) is 0 Å². The van der Waals surface area contributed by atoms with Gasteiger partial charge >= 0.3 is 0 Å². The van der Waals surface area contributed by atoms with E-state index in [4.69, 9.17) is 0 Å². The summed E-state index contributed by atoms with van der Waals surface area (Å²) in [7, 11) is 1.67. The summed E-state index contributed by atoms with van der Waals surface area (Å²) < 4.78 is 0. The Labute approximate surface area is 110 Å². The lowest BCUT2D eigenvalue weighted by Crippen LogP contribution is -2.39. The van der Waals surface area contributed by atoms with Crippen LogP contribution in [-0.4, -0.2) is 40.5 Å². The van der Waals surface area contributed by atoms with Gasteiger partial charge in [0.05, 0.1) is 11.0 Å². The molecule has 0 aliphatic heterocycles. The Morgan fingerprint density at radius 3 is 2.79 bits per heavy atom. The summed E-state index contributed by atoms with van der Waals surface area (Å²) >= 11 is 0. The fourth-order valence-electron chi connectivity index (χ4n) is 2.29. The van der Waals surface area contributed by atoms with Crippen LogP contribution in [0.5, 0.6) is 0 Å². The van der Waals surface area contributed by atoms with E-state index in [1.807, 2.05) is 0 Å². The van der Waals surface area contributed by atoms with Gasteiger partial charge in [-0.05, 0) is 24.8 Å². The van der Waals surface area contributed by atoms with Crippen LogP contribution in [0.3, 0.4) is 0 Å². The molecule has 0 aromatic heterocycles. The summed E-state index contributed by atoms with van der Waals surface area (Å²) in [4.78, 5) is 23.8. The number of carbonyl (C=O) groups is 1. The van der Waals surface area contributed by atoms with Gasteiger partial charge in [-0.15, -0.1) is 0 Å². The van der Waals surface area contributed by atoms with Crippen molar-refractivity contribution in [2.24, 2.45) is 5.92 Å². The third-order valence-corrected chi connectivity index (χ3v) is 3.39. The van der Waals surface area contributed by atoms with Crippen molar-refractivity contribution in [1.82, 2.24) is 4.90 Å². The molecule has 102 valence electrons. The third-order valence-electron chi connectivity index (χ3n) is 3.39. The number of rotatable bonds is 4. The van der Waals surface area contributed by atoms with E-state index in [0.717, 1.165) is 0 Å². The molecule has 0 radical (unpaired) electrons. The van der Waals surface area contributed by atoms with E-state index >= 15 is 0 Å². The number of amides is 1. The number of aliphatic hydroxyl groups excluding tert-OH is 1. The molecule has 1 aliphatic carbocycles. The van der Waals surface area contributed by atoms with E-state index in [2.05, 4.69) is 0 Å². The summed E-state index contributed by atoms with van der Waals surface area (Å²) in [5, 5.41) is 19.9. The highest BCUT2D eigenvalue weighted by atomic mass is 16.6. The first-order valence-corrected chi connectivity index (χ1v) is 6.15. The summed E-state index contributed by atoms with van der Waals surface area (Å²) in [6, 6.07) is 5.72. The Morgan fingerprint density at radius 2 is 2.21 bits per heavy atom. The predicted octanol–water partition coefficient (Wildman–Crippen LogP) is 1.44. The number of nitro groups is 1. The minimum atomic E-state index is -0.515. The molecule has 0 atom stereocenters. The standard InChI is InChI=1S/C13H16N2O4/c1-14(8-9-5-12(16)6-9)13(17)10-3-2-4-11(7-10)15(18)19/h2-4,7,9,12,16H,5-6,8H2,1H3. The van der Waals surface area contributed by atoms with Crippen LogP contribution >= 0.6 is 0 Å². The van der Waals surface area contributed by atoms with Crippen LogP contribution in [-0.2, 0) is 0 Å². The maximum absolute atomic E-state index is 12.1. The topological polar surface area (TPSA) is 83.7 Å². The fourth-order valence-corrected chi connectivity index (χ4v) is 2.29. The maximum atomic E-state index is 12.1. The molecular weight excluding hydrogens is 248 g/mol. The minimum absolute atomic E-state index is 0.0849. The average molecular weight is 264 g/mol. The molecule has 2 rings (SSSR count). The number of non-ortho nitro benzene ring substituents is 1. The van der Waals surface area contributed by atoms with Gasteiger partial charge in [0.25, 0.3) is 11.6 Å². The molecule has 6 heteroatoms. The first kappa shape index (κ1) is 13.5. The summed E-state index contributed by atoms with van der Waals surface area (Å²) in [5.74, 6) is 0.0905. The number of hydrogen-bond acceptors (Lipinski definition) is 4. The lowest BCUT2D eigenvalue weighted by Gasteiger charge is -2.34. The van der Waals surface area contributed by atoms with Crippen LogP contribution in [0.15, 0.2) is 24.3 Å². The molecule has 1 amide bonds. The second-order valence-corrected chi connectivity index (χ2v) is 4.98. The summed E-state index contributed by atoms with van der Waals surface area (Å²) in [6.45, 7) is 0.568. The number of nitro benzene ring substituents is 1. The third kappa shape index (κ3) is 3.08. The van der Waals surface area contributed by atoms with Crippen molar-refractivity contribution in [3.8, 4) is 0 Å². The molecule has 1 fully saturated rings. The molecule has 0 heterocycles. The molecule has 0 unspecified atom stereocenters. The van der Waals surface area contributed by atoms with Gasteiger partial charge in [0.15, 0.2) is 0 Å². The van der Waals surface area contributed by atoms with E-state index in [1.165, 1.54) is 18.2 Å². The normalized spacial score (nSPS) is 21.6. The zero-order valence-electron chi connectivity index (χ0n) is 10.7. The monoisotopic (exact) mass is 264 g/mol. The minimum Gasteiger partial charge on any atom is -0.393 e. The molecular formula is C13H16N2O4. The fraction of sp³-hybridized carbons (Fsp3) is 0.462. The highest BCUT2D eigenvalue weighted by Crippen LogP contribution is 2.28. The van der Waals surface area contributed by atoms with Crippen LogP contribution in [0.4, 0.5) is 5.69 Å². The van der Waals surface area contributed by atoms with Gasteiger partial charge in [0.1, 0.15) is 0 Å². The Kier molecular flexibility index (Phi) is 3.80. The van der Waals surface area contributed by atoms with Crippen LogP contribution < -0.4 is 0 Å². The summed E-state index contributed by atoms with van der Waals surface area (Å²) in [5.41, 5.74) is 0.231. The largest absolute Gasteiger partial charge is 0.393 e. The van der Waals surface area contributed by atoms with Crippen LogP contribution in [0.1, 0.15) is 23.2 Å². The molecule has 0 bridgehead atoms. The van der Waals surface area contributed by atoms with Crippen LogP contribution in [0.25, 0.3) is 0 Å². The molecule has 0 spiro atoms. The first-order valence-electron chi connectivity index (χ1n) is 6.15. The molecule has 19 heavy (non-hydrogen) atoms. The van der Waals surface area contributed by atoms with Gasteiger partial charge in [0, 0.05) is 31.3 Å². The molecule has 1 saturated carbocycles.